The van der Waals surface area contributed by atoms with Crippen molar-refractivity contribution in [3.63, 3.8) is 0 Å². The minimum atomic E-state index is -5.68. The van der Waals surface area contributed by atoms with E-state index in [1.165, 1.54) is 0 Å². The van der Waals surface area contributed by atoms with E-state index < -0.39 is 30.9 Å². The molecule has 2 rings (SSSR count). The van der Waals surface area contributed by atoms with Crippen LogP contribution in [0.1, 0.15) is 26.3 Å². The molecule has 1 N–H and O–H groups in total. The lowest BCUT2D eigenvalue weighted by Crippen LogP contribution is -2.23. The molecule has 0 aromatic heterocycles. The molecule has 0 unspecified atom stereocenters. The number of rotatable bonds is 7. The Bertz CT molecular complexity index is 1010. The molecule has 0 aliphatic rings. The second-order valence-electron chi connectivity index (χ2n) is 7.43. The maximum atomic E-state index is 12.7. The number of benzene rings is 2. The van der Waals surface area contributed by atoms with Crippen LogP contribution in [0.5, 0.6) is 5.75 Å². The van der Waals surface area contributed by atoms with Crippen LogP contribution in [-0.2, 0) is 15.3 Å². The Morgan fingerprint density at radius 1 is 1.07 bits per heavy atom. The van der Waals surface area contributed by atoms with Crippen molar-refractivity contribution in [3.05, 3.63) is 58.1 Å². The van der Waals surface area contributed by atoms with Crippen molar-refractivity contribution in [2.24, 2.45) is 0 Å². The zero-order chi connectivity index (χ0) is 22.7. The molecule has 0 radical (unpaired) electrons. The van der Waals surface area contributed by atoms with Gasteiger partial charge in [0.1, 0.15) is 18.0 Å². The molecular weight excluding hydrogens is 425 g/mol. The van der Waals surface area contributed by atoms with Gasteiger partial charge in [-0.2, -0.15) is 13.2 Å². The molecule has 0 amide bonds. The number of sulfone groups is 1. The van der Waals surface area contributed by atoms with Gasteiger partial charge >= 0.3 is 5.51 Å². The number of hydrogen-bond acceptors (Lipinski definition) is 6. The summed E-state index contributed by atoms with van der Waals surface area (Å²) in [5, 5.41) is 13.9. The first kappa shape index (κ1) is 23.5. The molecule has 0 spiro atoms. The summed E-state index contributed by atoms with van der Waals surface area (Å²) in [5.74, 6) is 0.589. The minimum absolute atomic E-state index is 0.00915. The Labute approximate surface area is 171 Å². The summed E-state index contributed by atoms with van der Waals surface area (Å²) in [6, 6.07) is 9.41. The maximum Gasteiger partial charge on any atom is 0.501 e. The van der Waals surface area contributed by atoms with Crippen molar-refractivity contribution in [1.82, 2.24) is 0 Å². The van der Waals surface area contributed by atoms with Crippen LogP contribution in [0.15, 0.2) is 47.4 Å². The summed E-state index contributed by atoms with van der Waals surface area (Å²) in [7, 11) is -5.68. The molecule has 2 aromatic carbocycles. The van der Waals surface area contributed by atoms with Crippen LogP contribution in [0.25, 0.3) is 0 Å². The number of alkyl halides is 3. The summed E-state index contributed by atoms with van der Waals surface area (Å²) in [6.07, 6.45) is 0. The van der Waals surface area contributed by atoms with Gasteiger partial charge in [-0.1, -0.05) is 32.9 Å². The van der Waals surface area contributed by atoms with E-state index in [0.29, 0.717) is 17.9 Å². The normalized spacial score (nSPS) is 12.5. The third-order valence-electron chi connectivity index (χ3n) is 4.19. The predicted octanol–water partition coefficient (Wildman–Crippen LogP) is 4.68. The average Bonchev–Trinajstić information content (AvgIpc) is 2.63. The molecule has 164 valence electrons. The molecule has 30 heavy (non-hydrogen) atoms. The second kappa shape index (κ2) is 8.50. The molecule has 0 aliphatic carbocycles. The van der Waals surface area contributed by atoms with Crippen LogP contribution in [0.3, 0.4) is 0 Å². The number of nitro groups is 1. The van der Waals surface area contributed by atoms with Gasteiger partial charge in [0, 0.05) is 12.6 Å². The molecule has 7 nitrogen and oxygen atoms in total. The first-order valence-electron chi connectivity index (χ1n) is 8.80. The molecular formula is C19H21F3N2O5S. The number of ether oxygens (including phenoxy) is 1. The fraction of sp³-hybridized carbons (Fsp3) is 0.368. The maximum absolute atomic E-state index is 12.7. The van der Waals surface area contributed by atoms with Gasteiger partial charge in [-0.25, -0.2) is 8.42 Å². The van der Waals surface area contributed by atoms with E-state index in [0.717, 1.165) is 11.6 Å². The molecule has 0 saturated carbocycles. The van der Waals surface area contributed by atoms with E-state index in [1.54, 1.807) is 12.1 Å². The first-order valence-corrected chi connectivity index (χ1v) is 10.3. The molecule has 0 saturated heterocycles. The zero-order valence-corrected chi connectivity index (χ0v) is 17.3. The summed E-state index contributed by atoms with van der Waals surface area (Å²) in [4.78, 5) is 9.03. The zero-order valence-electron chi connectivity index (χ0n) is 16.5. The highest BCUT2D eigenvalue weighted by Gasteiger charge is 2.47. The van der Waals surface area contributed by atoms with Crippen molar-refractivity contribution in [2.75, 3.05) is 18.5 Å². The minimum Gasteiger partial charge on any atom is -0.492 e. The molecule has 0 aliphatic heterocycles. The topological polar surface area (TPSA) is 98.5 Å². The van der Waals surface area contributed by atoms with Crippen molar-refractivity contribution in [2.45, 2.75) is 36.6 Å². The van der Waals surface area contributed by atoms with Crippen LogP contribution in [0.2, 0.25) is 0 Å². The number of anilines is 1. The number of halogens is 3. The summed E-state index contributed by atoms with van der Waals surface area (Å²) < 4.78 is 66.4. The van der Waals surface area contributed by atoms with Crippen LogP contribution in [0, 0.1) is 10.1 Å². The van der Waals surface area contributed by atoms with Gasteiger partial charge in [-0.3, -0.25) is 10.1 Å². The van der Waals surface area contributed by atoms with E-state index in [1.807, 2.05) is 12.1 Å². The average molecular weight is 446 g/mol. The van der Waals surface area contributed by atoms with Crippen molar-refractivity contribution in [3.8, 4) is 5.75 Å². The van der Waals surface area contributed by atoms with Crippen molar-refractivity contribution < 1.29 is 31.2 Å². The van der Waals surface area contributed by atoms with Crippen LogP contribution < -0.4 is 10.1 Å². The Balaban J connectivity index is 2.06. The smallest absolute Gasteiger partial charge is 0.492 e. The highest BCUT2D eigenvalue weighted by Crippen LogP contribution is 2.34. The molecule has 0 bridgehead atoms. The standard InChI is InChI=1S/C19H21F3N2O5S/c1-18(2,3)13-4-6-14(7-5-13)29-11-10-23-16-9-8-15(12-17(16)24(25)26)30(27,28)19(20,21)22/h4-9,12,23H,10-11H2,1-3H3. The first-order chi connectivity index (χ1) is 13.7. The monoisotopic (exact) mass is 446 g/mol. The number of nitro benzene ring substituents is 1. The number of nitrogens with zero attached hydrogens (tertiary/aromatic N) is 1. The highest BCUT2D eigenvalue weighted by atomic mass is 32.2. The van der Waals surface area contributed by atoms with Crippen LogP contribution in [0.4, 0.5) is 24.5 Å². The van der Waals surface area contributed by atoms with E-state index >= 15 is 0 Å². The quantitative estimate of drug-likeness (QED) is 0.377. The van der Waals surface area contributed by atoms with Gasteiger partial charge in [0.05, 0.1) is 9.82 Å². The Morgan fingerprint density at radius 3 is 2.17 bits per heavy atom. The molecule has 11 heteroatoms. The van der Waals surface area contributed by atoms with E-state index in [-0.39, 0.29) is 24.3 Å². The lowest BCUT2D eigenvalue weighted by molar-refractivity contribution is -0.384. The molecule has 2 aromatic rings. The van der Waals surface area contributed by atoms with E-state index in [2.05, 4.69) is 26.1 Å². The Morgan fingerprint density at radius 2 is 1.67 bits per heavy atom. The molecule has 0 atom stereocenters. The fourth-order valence-electron chi connectivity index (χ4n) is 2.52. The van der Waals surface area contributed by atoms with Crippen LogP contribution >= 0.6 is 0 Å². The van der Waals surface area contributed by atoms with Gasteiger partial charge < -0.3 is 10.1 Å². The van der Waals surface area contributed by atoms with Crippen LogP contribution in [-0.4, -0.2) is 32.0 Å². The summed E-state index contributed by atoms with van der Waals surface area (Å²) in [5.41, 5.74) is -5.34. The molecule has 0 heterocycles. The summed E-state index contributed by atoms with van der Waals surface area (Å²) in [6.45, 7) is 6.45. The van der Waals surface area contributed by atoms with Crippen molar-refractivity contribution >= 4 is 21.2 Å². The lowest BCUT2D eigenvalue weighted by Gasteiger charge is -2.19. The highest BCUT2D eigenvalue weighted by molar-refractivity contribution is 7.92. The third kappa shape index (κ3) is 5.41. The van der Waals surface area contributed by atoms with Gasteiger partial charge in [0.25, 0.3) is 15.5 Å². The number of nitrogens with one attached hydrogen (secondary N) is 1. The fourth-order valence-corrected chi connectivity index (χ4v) is 3.30. The van der Waals surface area contributed by atoms with Gasteiger partial charge in [0.2, 0.25) is 0 Å². The number of hydrogen-bond donors (Lipinski definition) is 1. The van der Waals surface area contributed by atoms with Crippen molar-refractivity contribution in [1.29, 1.82) is 0 Å². The second-order valence-corrected chi connectivity index (χ2v) is 9.38. The molecule has 0 fully saturated rings. The van der Waals surface area contributed by atoms with Gasteiger partial charge in [0.15, 0.2) is 0 Å². The Kier molecular flexibility index (Phi) is 6.65. The lowest BCUT2D eigenvalue weighted by atomic mass is 9.87. The summed E-state index contributed by atoms with van der Waals surface area (Å²) >= 11 is 0. The SMILES string of the molecule is CC(C)(C)c1ccc(OCCNc2ccc(S(=O)(=O)C(F)(F)F)cc2[N+](=O)[O-])cc1. The third-order valence-corrected chi connectivity index (χ3v) is 5.67. The Hall–Kier alpha value is -2.82. The largest absolute Gasteiger partial charge is 0.501 e. The van der Waals surface area contributed by atoms with Gasteiger partial charge in [-0.05, 0) is 35.2 Å². The van der Waals surface area contributed by atoms with E-state index in [4.69, 9.17) is 4.74 Å². The van der Waals surface area contributed by atoms with Gasteiger partial charge in [-0.15, -0.1) is 0 Å². The van der Waals surface area contributed by atoms with E-state index in [9.17, 15) is 31.7 Å². The predicted molar refractivity (Wildman–Crippen MR) is 105 cm³/mol.